The van der Waals surface area contributed by atoms with Crippen molar-refractivity contribution in [3.05, 3.63) is 58.3 Å². The minimum Gasteiger partial charge on any atom is -0.626 e. The Bertz CT molecular complexity index is 757. The molecule has 2 aliphatic heterocycles. The van der Waals surface area contributed by atoms with Crippen molar-refractivity contribution in [1.29, 1.82) is 0 Å². The van der Waals surface area contributed by atoms with Gasteiger partial charge in [-0.25, -0.2) is 0 Å². The molecule has 5 heteroatoms. The molecule has 2 aliphatic rings. The molecular formula is C24H35NO4. The maximum absolute atomic E-state index is 13.0. The number of ether oxygens (including phenoxy) is 3. The average molecular weight is 402 g/mol. The second-order valence-corrected chi connectivity index (χ2v) is 8.52. The zero-order valence-corrected chi connectivity index (χ0v) is 18.5. The summed E-state index contributed by atoms with van der Waals surface area (Å²) >= 11 is 0. The molecule has 5 nitrogen and oxygen atoms in total. The number of quaternary nitrogens is 1. The maximum atomic E-state index is 13.0. The molecule has 1 fully saturated rings. The summed E-state index contributed by atoms with van der Waals surface area (Å²) in [4.78, 5) is 0. The van der Waals surface area contributed by atoms with Gasteiger partial charge in [-0.2, -0.15) is 0 Å². The maximum Gasteiger partial charge on any atom is 0.299 e. The predicted octanol–water partition coefficient (Wildman–Crippen LogP) is 3.77. The average Bonchev–Trinajstić information content (AvgIpc) is 2.73. The molecule has 6 atom stereocenters. The van der Waals surface area contributed by atoms with Gasteiger partial charge in [0.15, 0.2) is 0 Å². The third kappa shape index (κ3) is 4.23. The fraction of sp³-hybridized carbons (Fsp3) is 0.583. The number of methoxy groups -OCH3 is 2. The van der Waals surface area contributed by atoms with Crippen LogP contribution in [0.1, 0.15) is 46.1 Å². The van der Waals surface area contributed by atoms with Gasteiger partial charge in [-0.05, 0) is 29.7 Å². The third-order valence-electron chi connectivity index (χ3n) is 6.50. The summed E-state index contributed by atoms with van der Waals surface area (Å²) in [6.45, 7) is 9.18. The molecule has 0 spiro atoms. The lowest BCUT2D eigenvalue weighted by molar-refractivity contribution is -0.817. The Balaban J connectivity index is 2.10. The molecule has 160 valence electrons. The molecular weight excluding hydrogens is 366 g/mol. The van der Waals surface area contributed by atoms with Crippen molar-refractivity contribution in [3.63, 3.8) is 0 Å². The van der Waals surface area contributed by atoms with Crippen molar-refractivity contribution in [3.8, 4) is 0 Å². The Morgan fingerprint density at radius 2 is 1.83 bits per heavy atom. The minimum atomic E-state index is -0.224. The van der Waals surface area contributed by atoms with Crippen molar-refractivity contribution in [2.45, 2.75) is 52.7 Å². The van der Waals surface area contributed by atoms with Crippen molar-refractivity contribution in [2.24, 2.45) is 17.8 Å². The predicted molar refractivity (Wildman–Crippen MR) is 115 cm³/mol. The first-order valence-electron chi connectivity index (χ1n) is 10.7. The zero-order chi connectivity index (χ0) is 21.1. The van der Waals surface area contributed by atoms with Crippen molar-refractivity contribution in [1.82, 2.24) is 0 Å². The molecule has 1 aromatic carbocycles. The van der Waals surface area contributed by atoms with Gasteiger partial charge < -0.3 is 24.5 Å². The number of benzene rings is 1. The first kappa shape index (κ1) is 21.9. The Morgan fingerprint density at radius 1 is 1.14 bits per heavy atom. The second kappa shape index (κ2) is 9.33. The van der Waals surface area contributed by atoms with Gasteiger partial charge in [-0.15, -0.1) is 0 Å². The van der Waals surface area contributed by atoms with Crippen LogP contribution in [-0.2, 0) is 14.2 Å². The van der Waals surface area contributed by atoms with E-state index in [0.717, 1.165) is 35.3 Å². The molecule has 0 radical (unpaired) electrons. The van der Waals surface area contributed by atoms with E-state index in [1.165, 1.54) is 0 Å². The Morgan fingerprint density at radius 3 is 2.41 bits per heavy atom. The van der Waals surface area contributed by atoms with Gasteiger partial charge in [-0.1, -0.05) is 64.4 Å². The van der Waals surface area contributed by atoms with Crippen molar-refractivity contribution >= 4 is 5.57 Å². The van der Waals surface area contributed by atoms with E-state index in [1.54, 1.807) is 14.2 Å². The number of hydrogen-bond acceptors (Lipinski definition) is 4. The van der Waals surface area contributed by atoms with Gasteiger partial charge in [0.05, 0.1) is 32.0 Å². The lowest BCUT2D eigenvalue weighted by Gasteiger charge is -2.44. The first-order chi connectivity index (χ1) is 13.9. The van der Waals surface area contributed by atoms with E-state index in [2.05, 4.69) is 27.7 Å². The molecule has 0 saturated carbocycles. The highest BCUT2D eigenvalue weighted by atomic mass is 16.6. The fourth-order valence-corrected chi connectivity index (χ4v) is 4.89. The monoisotopic (exact) mass is 401 g/mol. The number of hydroxylamine groups is 2. The van der Waals surface area contributed by atoms with E-state index in [0.29, 0.717) is 17.7 Å². The van der Waals surface area contributed by atoms with Gasteiger partial charge in [0.2, 0.25) is 0 Å². The molecule has 1 saturated heterocycles. The largest absolute Gasteiger partial charge is 0.626 e. The molecule has 2 heterocycles. The van der Waals surface area contributed by atoms with Crippen molar-refractivity contribution in [2.75, 3.05) is 20.8 Å². The molecule has 0 amide bonds. The van der Waals surface area contributed by atoms with Crippen LogP contribution in [0, 0.1) is 23.0 Å². The van der Waals surface area contributed by atoms with Crippen LogP contribution in [0.25, 0.3) is 5.57 Å². The van der Waals surface area contributed by atoms with E-state index in [1.807, 2.05) is 30.3 Å². The summed E-state index contributed by atoms with van der Waals surface area (Å²) in [5, 5.41) is 13.0. The normalized spacial score (nSPS) is 31.6. The molecule has 0 bridgehead atoms. The number of nitrogens with one attached hydrogen (secondary N) is 1. The highest BCUT2D eigenvalue weighted by molar-refractivity contribution is 5.73. The summed E-state index contributed by atoms with van der Waals surface area (Å²) in [6.07, 6.45) is 2.04. The Kier molecular flexibility index (Phi) is 7.04. The molecule has 0 aromatic heterocycles. The molecule has 1 aromatic rings. The van der Waals surface area contributed by atoms with Gasteiger partial charge in [0.25, 0.3) is 5.88 Å². The topological polar surface area (TPSA) is 55.2 Å². The SMILES string of the molecule is CC[C@@H](C)[C@H]1O[C@@H](C2=C(OC)[NH+]([O-])CC(c3ccccc3)=C2OC)[C@H](C)C[C@@H]1C. The quantitative estimate of drug-likeness (QED) is 0.737. The molecule has 3 rings (SSSR count). The molecule has 0 aliphatic carbocycles. The minimum absolute atomic E-state index is 0.0170. The van der Waals surface area contributed by atoms with Crippen LogP contribution in [0.15, 0.2) is 47.5 Å². The van der Waals surface area contributed by atoms with Crippen LogP contribution in [0.5, 0.6) is 0 Å². The van der Waals surface area contributed by atoms with Gasteiger partial charge in [0.1, 0.15) is 17.9 Å². The summed E-state index contributed by atoms with van der Waals surface area (Å²) < 4.78 is 18.2. The summed E-state index contributed by atoms with van der Waals surface area (Å²) in [6, 6.07) is 9.98. The van der Waals surface area contributed by atoms with Gasteiger partial charge in [0, 0.05) is 0 Å². The smallest absolute Gasteiger partial charge is 0.299 e. The van der Waals surface area contributed by atoms with Crippen LogP contribution in [0.4, 0.5) is 0 Å². The Labute approximate surface area is 174 Å². The zero-order valence-electron chi connectivity index (χ0n) is 18.5. The van der Waals surface area contributed by atoms with E-state index in [4.69, 9.17) is 14.2 Å². The summed E-state index contributed by atoms with van der Waals surface area (Å²) in [7, 11) is 3.24. The van der Waals surface area contributed by atoms with Crippen molar-refractivity contribution < 1.29 is 19.3 Å². The third-order valence-corrected chi connectivity index (χ3v) is 6.50. The highest BCUT2D eigenvalue weighted by Gasteiger charge is 2.44. The number of hydrogen-bond donors (Lipinski definition) is 1. The van der Waals surface area contributed by atoms with Gasteiger partial charge >= 0.3 is 0 Å². The van der Waals surface area contributed by atoms with Crippen LogP contribution >= 0.6 is 0 Å². The lowest BCUT2D eigenvalue weighted by Crippen LogP contribution is -3.06. The molecule has 1 N–H and O–H groups in total. The molecule has 1 unspecified atom stereocenters. The van der Waals surface area contributed by atoms with Crippen LogP contribution < -0.4 is 5.06 Å². The highest BCUT2D eigenvalue weighted by Crippen LogP contribution is 2.41. The van der Waals surface area contributed by atoms with Crippen LogP contribution in [0.3, 0.4) is 0 Å². The van der Waals surface area contributed by atoms with E-state index in [-0.39, 0.29) is 29.7 Å². The standard InChI is InChI=1S/C24H35NO4/c1-7-15(2)21-16(3)13-17(4)22(29-21)20-23(27-5)19(14-25(26)24(20)28-6)18-11-9-8-10-12-18/h8-12,15-17,21-22,25H,7,13-14H2,1-6H3/t15-,16+,17-,21-,22-/m1/s1. The van der Waals surface area contributed by atoms with Gasteiger partial charge in [-0.3, -0.25) is 0 Å². The summed E-state index contributed by atoms with van der Waals surface area (Å²) in [5.74, 6) is 2.30. The fourth-order valence-electron chi connectivity index (χ4n) is 4.89. The Hall–Kier alpha value is -1.82. The van der Waals surface area contributed by atoms with Crippen LogP contribution in [-0.4, -0.2) is 33.0 Å². The van der Waals surface area contributed by atoms with E-state index >= 15 is 0 Å². The lowest BCUT2D eigenvalue weighted by atomic mass is 9.78. The summed E-state index contributed by atoms with van der Waals surface area (Å²) in [5.41, 5.74) is 2.68. The number of rotatable bonds is 6. The van der Waals surface area contributed by atoms with Crippen LogP contribution in [0.2, 0.25) is 0 Å². The molecule has 29 heavy (non-hydrogen) atoms. The van der Waals surface area contributed by atoms with E-state index < -0.39 is 0 Å². The van der Waals surface area contributed by atoms with E-state index in [9.17, 15) is 5.21 Å². The second-order valence-electron chi connectivity index (χ2n) is 8.52. The first-order valence-corrected chi connectivity index (χ1v) is 10.7.